The number of carbonyl (C=O) groups is 1. The monoisotopic (exact) mass is 488 g/mol. The third kappa shape index (κ3) is 5.12. The SMILES string of the molecule is O=C(Cc1noc2ccccc12)CC1CCC(CCN2CCN(c3nccc4c3CCO4)CC2)CC1. The van der Waals surface area contributed by atoms with Crippen LogP contribution in [0.4, 0.5) is 5.82 Å². The first-order valence-electron chi connectivity index (χ1n) is 13.7. The van der Waals surface area contributed by atoms with Crippen molar-refractivity contribution >= 4 is 22.6 Å². The van der Waals surface area contributed by atoms with Crippen molar-refractivity contribution in [2.75, 3.05) is 44.2 Å². The fourth-order valence-electron chi connectivity index (χ4n) is 6.29. The molecular formula is C29H36N4O3. The first-order chi connectivity index (χ1) is 17.7. The summed E-state index contributed by atoms with van der Waals surface area (Å²) in [6.45, 7) is 6.26. The Kier molecular flexibility index (Phi) is 6.90. The number of rotatable bonds is 8. The molecule has 0 N–H and O–H groups in total. The van der Waals surface area contributed by atoms with Gasteiger partial charge in [-0.05, 0) is 55.8 Å². The predicted molar refractivity (Wildman–Crippen MR) is 139 cm³/mol. The number of Topliss-reactive ketones (excluding diaryl/α,β-unsaturated/α-hetero) is 1. The highest BCUT2D eigenvalue weighted by atomic mass is 16.5. The average Bonchev–Trinajstić information content (AvgIpc) is 3.56. The van der Waals surface area contributed by atoms with Crippen molar-refractivity contribution in [3.8, 4) is 5.75 Å². The Morgan fingerprint density at radius 1 is 1.00 bits per heavy atom. The summed E-state index contributed by atoms with van der Waals surface area (Å²) >= 11 is 0. The number of ether oxygens (including phenoxy) is 1. The van der Waals surface area contributed by atoms with Crippen molar-refractivity contribution < 1.29 is 14.1 Å². The van der Waals surface area contributed by atoms with Crippen molar-refractivity contribution in [1.82, 2.24) is 15.0 Å². The van der Waals surface area contributed by atoms with E-state index in [0.29, 0.717) is 24.5 Å². The molecule has 1 aliphatic carbocycles. The molecule has 0 bridgehead atoms. The van der Waals surface area contributed by atoms with Gasteiger partial charge in [-0.25, -0.2) is 4.98 Å². The molecule has 6 rings (SSSR count). The third-order valence-electron chi connectivity index (χ3n) is 8.42. The van der Waals surface area contributed by atoms with Crippen LogP contribution in [0.3, 0.4) is 0 Å². The Balaban J connectivity index is 0.907. The van der Waals surface area contributed by atoms with Gasteiger partial charge in [-0.2, -0.15) is 0 Å². The Bertz CT molecular complexity index is 1190. The molecule has 0 unspecified atom stereocenters. The number of aromatic nitrogens is 2. The number of anilines is 1. The molecule has 36 heavy (non-hydrogen) atoms. The Hall–Kier alpha value is -2.93. The zero-order valence-corrected chi connectivity index (χ0v) is 21.0. The fourth-order valence-corrected chi connectivity index (χ4v) is 6.29. The standard InChI is InChI=1S/C29H36N4O3/c34-23(20-26-24-3-1-2-4-28(24)36-31-26)19-22-7-5-21(6-8-22)10-13-32-14-16-33(17-15-32)29-25-11-18-35-27(25)9-12-30-29/h1-4,9,12,21-22H,5-8,10-11,13-20H2. The maximum absolute atomic E-state index is 12.7. The molecule has 2 fully saturated rings. The van der Waals surface area contributed by atoms with Crippen molar-refractivity contribution in [1.29, 1.82) is 0 Å². The Morgan fingerprint density at radius 2 is 1.81 bits per heavy atom. The zero-order valence-electron chi connectivity index (χ0n) is 21.0. The molecule has 0 spiro atoms. The van der Waals surface area contributed by atoms with Crippen LogP contribution < -0.4 is 9.64 Å². The fraction of sp³-hybridized carbons (Fsp3) is 0.552. The van der Waals surface area contributed by atoms with E-state index in [1.165, 1.54) is 44.2 Å². The van der Waals surface area contributed by atoms with Gasteiger partial charge in [0.1, 0.15) is 17.4 Å². The van der Waals surface area contributed by atoms with E-state index in [4.69, 9.17) is 9.26 Å². The summed E-state index contributed by atoms with van der Waals surface area (Å²) < 4.78 is 11.1. The van der Waals surface area contributed by atoms with E-state index < -0.39 is 0 Å². The summed E-state index contributed by atoms with van der Waals surface area (Å²) in [7, 11) is 0. The molecule has 1 saturated heterocycles. The third-order valence-corrected chi connectivity index (χ3v) is 8.42. The van der Waals surface area contributed by atoms with Gasteiger partial charge in [0.15, 0.2) is 5.58 Å². The van der Waals surface area contributed by atoms with Gasteiger partial charge in [-0.3, -0.25) is 9.69 Å². The molecule has 0 amide bonds. The molecule has 0 radical (unpaired) electrons. The van der Waals surface area contributed by atoms with Crippen LogP contribution in [0.25, 0.3) is 11.0 Å². The van der Waals surface area contributed by atoms with Crippen LogP contribution in [0.5, 0.6) is 5.75 Å². The van der Waals surface area contributed by atoms with Gasteiger partial charge in [0, 0.05) is 56.2 Å². The Morgan fingerprint density at radius 3 is 2.67 bits per heavy atom. The highest BCUT2D eigenvalue weighted by Gasteiger charge is 2.27. The minimum Gasteiger partial charge on any atom is -0.493 e. The van der Waals surface area contributed by atoms with E-state index in [1.807, 2.05) is 36.5 Å². The second-order valence-electron chi connectivity index (χ2n) is 10.8. The van der Waals surface area contributed by atoms with Crippen molar-refractivity contribution in [2.24, 2.45) is 11.8 Å². The number of piperazine rings is 1. The normalized spacial score (nSPS) is 22.5. The van der Waals surface area contributed by atoms with E-state index in [0.717, 1.165) is 73.4 Å². The van der Waals surface area contributed by atoms with E-state index >= 15 is 0 Å². The molecule has 0 atom stereocenters. The molecule has 2 aliphatic heterocycles. The molecule has 4 heterocycles. The number of fused-ring (bicyclic) bond motifs is 2. The summed E-state index contributed by atoms with van der Waals surface area (Å²) in [5, 5.41) is 5.10. The Labute approximate surface area is 212 Å². The maximum atomic E-state index is 12.7. The lowest BCUT2D eigenvalue weighted by Crippen LogP contribution is -2.47. The van der Waals surface area contributed by atoms with Gasteiger partial charge < -0.3 is 14.2 Å². The van der Waals surface area contributed by atoms with Crippen LogP contribution in [0.1, 0.15) is 49.8 Å². The van der Waals surface area contributed by atoms with Crippen LogP contribution in [0.15, 0.2) is 41.1 Å². The summed E-state index contributed by atoms with van der Waals surface area (Å²) in [5.41, 5.74) is 2.83. The zero-order chi connectivity index (χ0) is 24.3. The number of nitrogens with zero attached hydrogens (tertiary/aromatic N) is 4. The topological polar surface area (TPSA) is 71.7 Å². The lowest BCUT2D eigenvalue weighted by Gasteiger charge is -2.37. The number of para-hydroxylation sites is 1. The first-order valence-corrected chi connectivity index (χ1v) is 13.7. The van der Waals surface area contributed by atoms with E-state index in [1.54, 1.807) is 0 Å². The molecule has 7 heteroatoms. The van der Waals surface area contributed by atoms with Gasteiger partial charge >= 0.3 is 0 Å². The van der Waals surface area contributed by atoms with Crippen molar-refractivity contribution in [2.45, 2.75) is 51.4 Å². The van der Waals surface area contributed by atoms with Gasteiger partial charge in [-0.1, -0.05) is 30.1 Å². The largest absolute Gasteiger partial charge is 0.493 e. The van der Waals surface area contributed by atoms with Crippen LogP contribution in [0.2, 0.25) is 0 Å². The van der Waals surface area contributed by atoms with Crippen molar-refractivity contribution in [3.05, 3.63) is 47.8 Å². The molecule has 7 nitrogen and oxygen atoms in total. The van der Waals surface area contributed by atoms with E-state index in [9.17, 15) is 4.79 Å². The average molecular weight is 489 g/mol. The highest BCUT2D eigenvalue weighted by molar-refractivity contribution is 5.87. The predicted octanol–water partition coefficient (Wildman–Crippen LogP) is 4.68. The second-order valence-corrected chi connectivity index (χ2v) is 10.8. The quantitative estimate of drug-likeness (QED) is 0.456. The second kappa shape index (κ2) is 10.6. The minimum absolute atomic E-state index is 0.292. The molecule has 2 aromatic heterocycles. The summed E-state index contributed by atoms with van der Waals surface area (Å²) in [4.78, 5) is 22.5. The molecule has 3 aliphatic rings. The minimum atomic E-state index is 0.292. The van der Waals surface area contributed by atoms with Gasteiger partial charge in [0.05, 0.1) is 18.7 Å². The highest BCUT2D eigenvalue weighted by Crippen LogP contribution is 2.34. The van der Waals surface area contributed by atoms with Crippen LogP contribution in [0, 0.1) is 11.8 Å². The lowest BCUT2D eigenvalue weighted by molar-refractivity contribution is -0.119. The number of carbonyl (C=O) groups excluding carboxylic acids is 1. The number of pyridine rings is 1. The maximum Gasteiger partial charge on any atom is 0.167 e. The number of benzene rings is 1. The van der Waals surface area contributed by atoms with Crippen LogP contribution >= 0.6 is 0 Å². The van der Waals surface area contributed by atoms with E-state index in [-0.39, 0.29) is 0 Å². The van der Waals surface area contributed by atoms with Gasteiger partial charge in [-0.15, -0.1) is 0 Å². The molecular weight excluding hydrogens is 452 g/mol. The first kappa shape index (κ1) is 23.5. The van der Waals surface area contributed by atoms with E-state index in [2.05, 4.69) is 19.9 Å². The van der Waals surface area contributed by atoms with Gasteiger partial charge in [0.2, 0.25) is 0 Å². The molecule has 3 aromatic rings. The van der Waals surface area contributed by atoms with Gasteiger partial charge in [0.25, 0.3) is 0 Å². The lowest BCUT2D eigenvalue weighted by atomic mass is 9.78. The summed E-state index contributed by atoms with van der Waals surface area (Å²) in [5.74, 6) is 3.77. The number of ketones is 1. The smallest absolute Gasteiger partial charge is 0.167 e. The molecule has 1 aromatic carbocycles. The molecule has 1 saturated carbocycles. The van der Waals surface area contributed by atoms with Crippen molar-refractivity contribution in [3.63, 3.8) is 0 Å². The van der Waals surface area contributed by atoms with Crippen LogP contribution in [-0.2, 0) is 17.6 Å². The number of hydrogen-bond donors (Lipinski definition) is 0. The number of hydrogen-bond acceptors (Lipinski definition) is 7. The summed E-state index contributed by atoms with van der Waals surface area (Å²) in [6.07, 6.45) is 10.1. The van der Waals surface area contributed by atoms with Crippen LogP contribution in [-0.4, -0.2) is 60.2 Å². The molecule has 190 valence electrons. The summed E-state index contributed by atoms with van der Waals surface area (Å²) in [6, 6.07) is 9.78.